The molecule has 10 heteroatoms. The van der Waals surface area contributed by atoms with Crippen LogP contribution in [0.1, 0.15) is 21.5 Å². The zero-order valence-electron chi connectivity index (χ0n) is 18.5. The van der Waals surface area contributed by atoms with Gasteiger partial charge in [0.25, 0.3) is 15.9 Å². The molecule has 0 bridgehead atoms. The minimum atomic E-state index is -4.04. The van der Waals surface area contributed by atoms with Crippen LogP contribution in [0.2, 0.25) is 5.02 Å². The SMILES string of the molecule is CN(Cc1ccccc1)NC(=O)NS(=O)(=O)c1ccc(CCNC(=O)c2cccc(Cl)c2)cc1. The fourth-order valence-electron chi connectivity index (χ4n) is 3.16. The molecule has 0 atom stereocenters. The van der Waals surface area contributed by atoms with E-state index in [1.165, 1.54) is 17.1 Å². The lowest BCUT2D eigenvalue weighted by Gasteiger charge is -2.18. The summed E-state index contributed by atoms with van der Waals surface area (Å²) >= 11 is 5.90. The Morgan fingerprint density at radius 1 is 0.912 bits per heavy atom. The molecule has 3 rings (SSSR count). The van der Waals surface area contributed by atoms with Gasteiger partial charge in [-0.15, -0.1) is 0 Å². The summed E-state index contributed by atoms with van der Waals surface area (Å²) < 4.78 is 27.0. The molecule has 34 heavy (non-hydrogen) atoms. The van der Waals surface area contributed by atoms with Crippen molar-refractivity contribution in [3.63, 3.8) is 0 Å². The molecule has 178 valence electrons. The Balaban J connectivity index is 1.48. The zero-order valence-corrected chi connectivity index (χ0v) is 20.1. The number of hydrogen-bond acceptors (Lipinski definition) is 5. The first kappa shape index (κ1) is 25.2. The molecule has 0 aliphatic heterocycles. The van der Waals surface area contributed by atoms with E-state index in [0.717, 1.165) is 11.1 Å². The normalized spacial score (nSPS) is 11.1. The van der Waals surface area contributed by atoms with Crippen LogP contribution in [0.5, 0.6) is 0 Å². The number of hydrazine groups is 1. The quantitative estimate of drug-likeness (QED) is 0.390. The summed E-state index contributed by atoms with van der Waals surface area (Å²) in [7, 11) is -2.40. The van der Waals surface area contributed by atoms with Gasteiger partial charge in [0.05, 0.1) is 4.90 Å². The van der Waals surface area contributed by atoms with Gasteiger partial charge in [0.2, 0.25) is 0 Å². The van der Waals surface area contributed by atoms with Gasteiger partial charge in [0, 0.05) is 30.7 Å². The van der Waals surface area contributed by atoms with Crippen molar-refractivity contribution in [2.75, 3.05) is 13.6 Å². The van der Waals surface area contributed by atoms with Crippen molar-refractivity contribution in [1.29, 1.82) is 0 Å². The Morgan fingerprint density at radius 2 is 1.62 bits per heavy atom. The number of carbonyl (C=O) groups excluding carboxylic acids is 2. The number of amides is 3. The molecule has 0 aromatic heterocycles. The fourth-order valence-corrected chi connectivity index (χ4v) is 4.25. The molecule has 0 saturated heterocycles. The summed E-state index contributed by atoms with van der Waals surface area (Å²) in [6.45, 7) is 0.780. The van der Waals surface area contributed by atoms with Gasteiger partial charge < -0.3 is 5.32 Å². The topological polar surface area (TPSA) is 108 Å². The molecule has 3 aromatic carbocycles. The number of nitrogens with one attached hydrogen (secondary N) is 3. The van der Waals surface area contributed by atoms with Gasteiger partial charge in [-0.3, -0.25) is 10.2 Å². The number of urea groups is 1. The summed E-state index contributed by atoms with van der Waals surface area (Å²) in [6.07, 6.45) is 0.505. The van der Waals surface area contributed by atoms with E-state index < -0.39 is 16.1 Å². The largest absolute Gasteiger partial charge is 0.352 e. The van der Waals surface area contributed by atoms with Crippen molar-refractivity contribution in [3.8, 4) is 0 Å². The van der Waals surface area contributed by atoms with Crippen LogP contribution in [-0.2, 0) is 23.0 Å². The second kappa shape index (κ2) is 11.6. The molecule has 0 fully saturated rings. The lowest BCUT2D eigenvalue weighted by Crippen LogP contribution is -2.46. The molecule has 0 spiro atoms. The summed E-state index contributed by atoms with van der Waals surface area (Å²) in [4.78, 5) is 24.3. The van der Waals surface area contributed by atoms with Gasteiger partial charge in [-0.2, -0.15) is 0 Å². The van der Waals surface area contributed by atoms with E-state index >= 15 is 0 Å². The second-order valence-corrected chi connectivity index (χ2v) is 9.67. The van der Waals surface area contributed by atoms with Gasteiger partial charge >= 0.3 is 6.03 Å². The molecule has 0 unspecified atom stereocenters. The smallest absolute Gasteiger partial charge is 0.343 e. The summed E-state index contributed by atoms with van der Waals surface area (Å²) in [5.74, 6) is -0.242. The van der Waals surface area contributed by atoms with Gasteiger partial charge in [0.15, 0.2) is 0 Å². The highest BCUT2D eigenvalue weighted by Gasteiger charge is 2.18. The average Bonchev–Trinajstić information content (AvgIpc) is 2.79. The van der Waals surface area contributed by atoms with Crippen molar-refractivity contribution >= 4 is 33.6 Å². The Kier molecular flexibility index (Phi) is 8.64. The molecular weight excluding hydrogens is 476 g/mol. The van der Waals surface area contributed by atoms with E-state index in [0.29, 0.717) is 30.1 Å². The minimum absolute atomic E-state index is 0.0416. The van der Waals surface area contributed by atoms with Gasteiger partial charge in [0.1, 0.15) is 0 Å². The van der Waals surface area contributed by atoms with E-state index in [2.05, 4.69) is 10.7 Å². The summed E-state index contributed by atoms with van der Waals surface area (Å²) in [5, 5.41) is 4.76. The van der Waals surface area contributed by atoms with Crippen molar-refractivity contribution in [2.24, 2.45) is 0 Å². The molecular formula is C24H25ClN4O4S. The van der Waals surface area contributed by atoms with Gasteiger partial charge in [-0.1, -0.05) is 60.1 Å². The number of sulfonamides is 1. The van der Waals surface area contributed by atoms with Gasteiger partial charge in [-0.05, 0) is 47.9 Å². The maximum Gasteiger partial charge on any atom is 0.343 e. The lowest BCUT2D eigenvalue weighted by molar-refractivity contribution is 0.0954. The third-order valence-electron chi connectivity index (χ3n) is 4.80. The number of halogens is 1. The van der Waals surface area contributed by atoms with Crippen LogP contribution >= 0.6 is 11.6 Å². The first-order valence-corrected chi connectivity index (χ1v) is 12.3. The number of hydrogen-bond donors (Lipinski definition) is 3. The van der Waals surface area contributed by atoms with E-state index in [-0.39, 0.29) is 10.8 Å². The highest BCUT2D eigenvalue weighted by Crippen LogP contribution is 2.12. The third-order valence-corrected chi connectivity index (χ3v) is 6.38. The second-order valence-electron chi connectivity index (χ2n) is 7.55. The highest BCUT2D eigenvalue weighted by molar-refractivity contribution is 7.90. The first-order chi connectivity index (χ1) is 16.2. The van der Waals surface area contributed by atoms with Crippen molar-refractivity contribution in [3.05, 3.63) is 101 Å². The molecule has 0 saturated carbocycles. The lowest BCUT2D eigenvalue weighted by atomic mass is 10.1. The first-order valence-electron chi connectivity index (χ1n) is 10.4. The Labute approximate surface area is 204 Å². The average molecular weight is 501 g/mol. The number of rotatable bonds is 9. The Hall–Kier alpha value is -3.40. The van der Waals surface area contributed by atoms with Crippen LogP contribution in [0.3, 0.4) is 0 Å². The van der Waals surface area contributed by atoms with Crippen LogP contribution in [0.25, 0.3) is 0 Å². The molecule has 3 aromatic rings. The fraction of sp³-hybridized carbons (Fsp3) is 0.167. The predicted octanol–water partition coefficient (Wildman–Crippen LogP) is 3.35. The monoisotopic (exact) mass is 500 g/mol. The molecule has 0 heterocycles. The summed E-state index contributed by atoms with van der Waals surface area (Å²) in [6, 6.07) is 21.3. The maximum atomic E-state index is 12.5. The number of carbonyl (C=O) groups is 2. The Morgan fingerprint density at radius 3 is 2.29 bits per heavy atom. The maximum absolute atomic E-state index is 12.5. The van der Waals surface area contributed by atoms with Crippen molar-refractivity contribution in [2.45, 2.75) is 17.9 Å². The van der Waals surface area contributed by atoms with Crippen LogP contribution in [-0.4, -0.2) is 39.0 Å². The van der Waals surface area contributed by atoms with E-state index in [4.69, 9.17) is 11.6 Å². The molecule has 8 nitrogen and oxygen atoms in total. The van der Waals surface area contributed by atoms with Crippen LogP contribution in [0, 0.1) is 0 Å². The Bertz CT molecular complexity index is 1240. The number of benzene rings is 3. The third kappa shape index (κ3) is 7.58. The predicted molar refractivity (Wildman–Crippen MR) is 131 cm³/mol. The van der Waals surface area contributed by atoms with Crippen LogP contribution < -0.4 is 15.5 Å². The van der Waals surface area contributed by atoms with E-state index in [9.17, 15) is 18.0 Å². The standard InChI is InChI=1S/C24H25ClN4O4S/c1-29(17-19-6-3-2-4-7-19)27-24(31)28-34(32,33)22-12-10-18(11-13-22)14-15-26-23(30)20-8-5-9-21(25)16-20/h2-13,16H,14-15,17H2,1H3,(H,26,30)(H2,27,28,31). The molecule has 3 N–H and O–H groups in total. The van der Waals surface area contributed by atoms with Crippen molar-refractivity contribution < 1.29 is 18.0 Å². The minimum Gasteiger partial charge on any atom is -0.352 e. The number of nitrogens with zero attached hydrogens (tertiary/aromatic N) is 1. The van der Waals surface area contributed by atoms with E-state index in [1.54, 1.807) is 43.4 Å². The molecule has 0 aliphatic rings. The van der Waals surface area contributed by atoms with Crippen LogP contribution in [0.4, 0.5) is 4.79 Å². The van der Waals surface area contributed by atoms with Gasteiger partial charge in [-0.25, -0.2) is 22.9 Å². The molecule has 3 amide bonds. The molecule has 0 radical (unpaired) electrons. The summed E-state index contributed by atoms with van der Waals surface area (Å²) in [5.41, 5.74) is 4.74. The van der Waals surface area contributed by atoms with Crippen LogP contribution in [0.15, 0.2) is 83.8 Å². The molecule has 0 aliphatic carbocycles. The van der Waals surface area contributed by atoms with Crippen molar-refractivity contribution in [1.82, 2.24) is 20.5 Å². The van der Waals surface area contributed by atoms with E-state index in [1.807, 2.05) is 35.1 Å². The highest BCUT2D eigenvalue weighted by atomic mass is 35.5. The zero-order chi connectivity index (χ0) is 24.6.